The number of halogens is 1. The normalized spacial score (nSPS) is 14.9. The molecule has 0 saturated carbocycles. The van der Waals surface area contributed by atoms with E-state index < -0.39 is 6.04 Å². The van der Waals surface area contributed by atoms with Crippen molar-refractivity contribution in [3.8, 4) is 0 Å². The molecule has 1 amide bonds. The first kappa shape index (κ1) is 13.3. The van der Waals surface area contributed by atoms with Crippen LogP contribution in [0.25, 0.3) is 0 Å². The molecule has 1 aromatic carbocycles. The lowest BCUT2D eigenvalue weighted by atomic mass is 10.1. The third kappa shape index (κ3) is 2.47. The van der Waals surface area contributed by atoms with Crippen LogP contribution in [0.5, 0.6) is 0 Å². The minimum atomic E-state index is -0.391. The molecule has 0 radical (unpaired) electrons. The molecule has 1 atom stereocenters. The number of aromatic nitrogens is 3. The van der Waals surface area contributed by atoms with Gasteiger partial charge in [-0.1, -0.05) is 0 Å². The standard InChI is InChI=1S/C14H15BrN4O/c1-9(19-8-16-7-17-19)14(20)18-13-6-11-4-2-3-10(11)5-12(13)15/h5-9H,2-4H2,1H3,(H,18,20)/t9-/m1/s1. The Kier molecular flexibility index (Phi) is 3.56. The molecule has 1 heterocycles. The van der Waals surface area contributed by atoms with Crippen LogP contribution in [-0.4, -0.2) is 20.7 Å². The summed E-state index contributed by atoms with van der Waals surface area (Å²) in [7, 11) is 0. The molecule has 1 aliphatic carbocycles. The summed E-state index contributed by atoms with van der Waals surface area (Å²) in [6, 6.07) is 3.79. The summed E-state index contributed by atoms with van der Waals surface area (Å²) in [5.74, 6) is -0.103. The van der Waals surface area contributed by atoms with Crippen LogP contribution < -0.4 is 5.32 Å². The van der Waals surface area contributed by atoms with Crippen molar-refractivity contribution >= 4 is 27.5 Å². The largest absolute Gasteiger partial charge is 0.323 e. The molecule has 5 nitrogen and oxygen atoms in total. The minimum absolute atomic E-state index is 0.103. The number of rotatable bonds is 3. The molecule has 0 fully saturated rings. The Bertz CT molecular complexity index is 639. The average Bonchev–Trinajstić information content (AvgIpc) is 3.08. The maximum atomic E-state index is 12.2. The van der Waals surface area contributed by atoms with E-state index in [-0.39, 0.29) is 5.91 Å². The molecule has 20 heavy (non-hydrogen) atoms. The first-order chi connectivity index (χ1) is 9.65. The van der Waals surface area contributed by atoms with E-state index in [0.717, 1.165) is 23.0 Å². The number of hydrogen-bond donors (Lipinski definition) is 1. The number of nitrogens with one attached hydrogen (secondary N) is 1. The second-order valence-electron chi connectivity index (χ2n) is 5.00. The molecule has 3 rings (SSSR count). The fourth-order valence-electron chi connectivity index (χ4n) is 2.46. The predicted molar refractivity (Wildman–Crippen MR) is 79.5 cm³/mol. The average molecular weight is 335 g/mol. The van der Waals surface area contributed by atoms with Gasteiger partial charge in [-0.2, -0.15) is 5.10 Å². The molecule has 0 aliphatic heterocycles. The molecule has 1 aromatic heterocycles. The fraction of sp³-hybridized carbons (Fsp3) is 0.357. The third-order valence-corrected chi connectivity index (χ3v) is 4.31. The van der Waals surface area contributed by atoms with Crippen LogP contribution >= 0.6 is 15.9 Å². The molecular formula is C14H15BrN4O. The van der Waals surface area contributed by atoms with Gasteiger partial charge in [0, 0.05) is 4.47 Å². The topological polar surface area (TPSA) is 59.8 Å². The lowest BCUT2D eigenvalue weighted by Crippen LogP contribution is -2.24. The third-order valence-electron chi connectivity index (χ3n) is 3.65. The summed E-state index contributed by atoms with van der Waals surface area (Å²) in [5, 5.41) is 6.95. The van der Waals surface area contributed by atoms with E-state index in [4.69, 9.17) is 0 Å². The van der Waals surface area contributed by atoms with Gasteiger partial charge in [0.1, 0.15) is 18.7 Å². The Hall–Kier alpha value is -1.69. The van der Waals surface area contributed by atoms with Gasteiger partial charge < -0.3 is 5.32 Å². The Morgan fingerprint density at radius 3 is 2.85 bits per heavy atom. The van der Waals surface area contributed by atoms with Gasteiger partial charge in [-0.05, 0) is 65.4 Å². The van der Waals surface area contributed by atoms with Crippen LogP contribution in [0, 0.1) is 0 Å². The Morgan fingerprint density at radius 2 is 2.15 bits per heavy atom. The molecule has 104 valence electrons. The van der Waals surface area contributed by atoms with E-state index in [9.17, 15) is 4.79 Å². The number of nitrogens with zero attached hydrogens (tertiary/aromatic N) is 3. The van der Waals surface area contributed by atoms with Crippen LogP contribution in [0.2, 0.25) is 0 Å². The summed E-state index contributed by atoms with van der Waals surface area (Å²) in [5.41, 5.74) is 3.53. The van der Waals surface area contributed by atoms with Crippen molar-refractivity contribution < 1.29 is 4.79 Å². The van der Waals surface area contributed by atoms with E-state index >= 15 is 0 Å². The molecular weight excluding hydrogens is 320 g/mol. The highest BCUT2D eigenvalue weighted by Gasteiger charge is 2.19. The SMILES string of the molecule is C[C@H](C(=O)Nc1cc2c(cc1Br)CCC2)n1cncn1. The Labute approximate surface area is 125 Å². The number of carbonyl (C=O) groups excluding carboxylic acids is 1. The maximum absolute atomic E-state index is 12.2. The number of benzene rings is 1. The van der Waals surface area contributed by atoms with E-state index in [0.29, 0.717) is 0 Å². The van der Waals surface area contributed by atoms with Gasteiger partial charge in [0.2, 0.25) is 5.91 Å². The predicted octanol–water partition coefficient (Wildman–Crippen LogP) is 2.73. The number of amides is 1. The van der Waals surface area contributed by atoms with Crippen molar-refractivity contribution in [1.29, 1.82) is 0 Å². The smallest absolute Gasteiger partial charge is 0.249 e. The van der Waals surface area contributed by atoms with Gasteiger partial charge in [0.05, 0.1) is 5.69 Å². The molecule has 1 N–H and O–H groups in total. The maximum Gasteiger partial charge on any atom is 0.249 e. The number of aryl methyl sites for hydroxylation is 2. The quantitative estimate of drug-likeness (QED) is 0.938. The first-order valence-corrected chi connectivity index (χ1v) is 7.40. The van der Waals surface area contributed by atoms with Crippen molar-refractivity contribution in [2.45, 2.75) is 32.2 Å². The van der Waals surface area contributed by atoms with Crippen molar-refractivity contribution in [1.82, 2.24) is 14.8 Å². The van der Waals surface area contributed by atoms with Gasteiger partial charge in [-0.25, -0.2) is 9.67 Å². The van der Waals surface area contributed by atoms with Gasteiger partial charge in [-0.3, -0.25) is 4.79 Å². The Balaban J connectivity index is 1.79. The highest BCUT2D eigenvalue weighted by Crippen LogP contribution is 2.32. The summed E-state index contributed by atoms with van der Waals surface area (Å²) >= 11 is 3.53. The van der Waals surface area contributed by atoms with Crippen LogP contribution in [0.4, 0.5) is 5.69 Å². The van der Waals surface area contributed by atoms with Gasteiger partial charge in [-0.15, -0.1) is 0 Å². The molecule has 0 bridgehead atoms. The monoisotopic (exact) mass is 334 g/mol. The highest BCUT2D eigenvalue weighted by molar-refractivity contribution is 9.10. The molecule has 0 saturated heterocycles. The molecule has 0 unspecified atom stereocenters. The number of carbonyl (C=O) groups is 1. The minimum Gasteiger partial charge on any atom is -0.323 e. The lowest BCUT2D eigenvalue weighted by molar-refractivity contribution is -0.119. The van der Waals surface area contributed by atoms with Gasteiger partial charge in [0.15, 0.2) is 0 Å². The molecule has 0 spiro atoms. The molecule has 1 aliphatic rings. The van der Waals surface area contributed by atoms with Gasteiger partial charge >= 0.3 is 0 Å². The number of fused-ring (bicyclic) bond motifs is 1. The first-order valence-electron chi connectivity index (χ1n) is 6.61. The number of anilines is 1. The van der Waals surface area contributed by atoms with E-state index in [2.05, 4.69) is 43.5 Å². The summed E-state index contributed by atoms with van der Waals surface area (Å²) in [6.45, 7) is 1.80. The zero-order chi connectivity index (χ0) is 14.1. The van der Waals surface area contributed by atoms with Crippen molar-refractivity contribution in [3.05, 3.63) is 40.4 Å². The molecule has 2 aromatic rings. The van der Waals surface area contributed by atoms with Crippen molar-refractivity contribution in [2.75, 3.05) is 5.32 Å². The second kappa shape index (κ2) is 5.36. The van der Waals surface area contributed by atoms with E-state index in [1.807, 2.05) is 0 Å². The highest BCUT2D eigenvalue weighted by atomic mass is 79.9. The van der Waals surface area contributed by atoms with Crippen LogP contribution in [0.1, 0.15) is 30.5 Å². The zero-order valence-electron chi connectivity index (χ0n) is 11.1. The summed E-state index contributed by atoms with van der Waals surface area (Å²) < 4.78 is 2.47. The van der Waals surface area contributed by atoms with Crippen LogP contribution in [0.3, 0.4) is 0 Å². The van der Waals surface area contributed by atoms with Gasteiger partial charge in [0.25, 0.3) is 0 Å². The molecule has 6 heteroatoms. The van der Waals surface area contributed by atoms with Crippen molar-refractivity contribution in [2.24, 2.45) is 0 Å². The zero-order valence-corrected chi connectivity index (χ0v) is 12.7. The van der Waals surface area contributed by atoms with Crippen LogP contribution in [-0.2, 0) is 17.6 Å². The fourth-order valence-corrected chi connectivity index (χ4v) is 2.95. The lowest BCUT2D eigenvalue weighted by Gasteiger charge is -2.14. The second-order valence-corrected chi connectivity index (χ2v) is 5.85. The Morgan fingerprint density at radius 1 is 1.40 bits per heavy atom. The summed E-state index contributed by atoms with van der Waals surface area (Å²) in [6.07, 6.45) is 6.37. The number of hydrogen-bond acceptors (Lipinski definition) is 3. The van der Waals surface area contributed by atoms with Crippen molar-refractivity contribution in [3.63, 3.8) is 0 Å². The van der Waals surface area contributed by atoms with E-state index in [1.165, 1.54) is 28.6 Å². The van der Waals surface area contributed by atoms with E-state index in [1.54, 1.807) is 13.3 Å². The summed E-state index contributed by atoms with van der Waals surface area (Å²) in [4.78, 5) is 16.1. The van der Waals surface area contributed by atoms with Crippen LogP contribution in [0.15, 0.2) is 29.3 Å².